The van der Waals surface area contributed by atoms with Crippen LogP contribution in [0.1, 0.15) is 219 Å². The van der Waals surface area contributed by atoms with E-state index in [2.05, 4.69) is 43.5 Å². The van der Waals surface area contributed by atoms with Crippen LogP contribution in [0.25, 0.3) is 0 Å². The van der Waals surface area contributed by atoms with Gasteiger partial charge in [0.15, 0.2) is 0 Å². The first-order chi connectivity index (χ1) is 24.5. The molecule has 50 heavy (non-hydrogen) atoms. The van der Waals surface area contributed by atoms with Crippen LogP contribution in [0.3, 0.4) is 0 Å². The van der Waals surface area contributed by atoms with E-state index in [9.17, 15) is 20.1 Å². The average molecular weight is 704 g/mol. The molecule has 294 valence electrons. The molecular weight excluding hydrogens is 618 g/mol. The van der Waals surface area contributed by atoms with Crippen LogP contribution in [0.15, 0.2) is 36.5 Å². The summed E-state index contributed by atoms with van der Waals surface area (Å²) < 4.78 is 0. The highest BCUT2D eigenvalue weighted by atomic mass is 16.3. The first kappa shape index (κ1) is 48.6. The highest BCUT2D eigenvalue weighted by molar-refractivity contribution is 5.76. The van der Waals surface area contributed by atoms with E-state index in [-0.39, 0.29) is 18.9 Å². The van der Waals surface area contributed by atoms with Gasteiger partial charge in [-0.25, -0.2) is 0 Å². The highest BCUT2D eigenvalue weighted by Gasteiger charge is 2.20. The number of carbonyl (C=O) groups is 1. The molecule has 3 unspecified atom stereocenters. The average Bonchev–Trinajstić information content (AvgIpc) is 3.11. The number of aliphatic hydroxyl groups excluding tert-OH is 3. The summed E-state index contributed by atoms with van der Waals surface area (Å²) in [6, 6.07) is -0.760. The molecule has 0 aromatic carbocycles. The summed E-state index contributed by atoms with van der Waals surface area (Å²) in [6.45, 7) is 4.17. The van der Waals surface area contributed by atoms with Crippen LogP contribution in [0, 0.1) is 0 Å². The molecule has 0 spiro atoms. The van der Waals surface area contributed by atoms with Crippen molar-refractivity contribution < 1.29 is 20.1 Å². The summed E-state index contributed by atoms with van der Waals surface area (Å²) in [5.41, 5.74) is 0. The maximum absolute atomic E-state index is 12.4. The third-order valence-corrected chi connectivity index (χ3v) is 9.90. The number of hydrogen-bond donors (Lipinski definition) is 4. The van der Waals surface area contributed by atoms with Crippen molar-refractivity contribution in [1.29, 1.82) is 0 Å². The molecule has 0 rings (SSSR count). The van der Waals surface area contributed by atoms with Crippen LogP contribution in [-0.4, -0.2) is 46.1 Å². The molecule has 0 heterocycles. The van der Waals surface area contributed by atoms with Crippen LogP contribution >= 0.6 is 0 Å². The van der Waals surface area contributed by atoms with Gasteiger partial charge in [0, 0.05) is 0 Å². The molecule has 0 saturated carbocycles. The lowest BCUT2D eigenvalue weighted by Gasteiger charge is -2.21. The molecule has 0 aromatic heterocycles. The van der Waals surface area contributed by atoms with E-state index in [1.807, 2.05) is 6.08 Å². The van der Waals surface area contributed by atoms with E-state index >= 15 is 0 Å². The number of allylic oxidation sites excluding steroid dienone is 5. The second kappa shape index (κ2) is 40.3. The van der Waals surface area contributed by atoms with Crippen LogP contribution in [0.5, 0.6) is 0 Å². The van der Waals surface area contributed by atoms with E-state index in [0.29, 0.717) is 6.42 Å². The zero-order valence-corrected chi connectivity index (χ0v) is 33.3. The van der Waals surface area contributed by atoms with Gasteiger partial charge in [0.1, 0.15) is 0 Å². The summed E-state index contributed by atoms with van der Waals surface area (Å²) in [5.74, 6) is -0.329. The van der Waals surface area contributed by atoms with Crippen LogP contribution < -0.4 is 5.32 Å². The molecule has 0 radical (unpaired) electrons. The molecule has 5 heteroatoms. The maximum atomic E-state index is 12.4. The smallest absolute Gasteiger partial charge is 0.222 e. The van der Waals surface area contributed by atoms with Crippen molar-refractivity contribution in [3.05, 3.63) is 36.5 Å². The Labute approximate surface area is 311 Å². The minimum absolute atomic E-state index is 0.00395. The van der Waals surface area contributed by atoms with Gasteiger partial charge < -0.3 is 20.6 Å². The Balaban J connectivity index is 3.63. The van der Waals surface area contributed by atoms with Gasteiger partial charge in [0.05, 0.1) is 31.3 Å². The fourth-order valence-corrected chi connectivity index (χ4v) is 6.53. The van der Waals surface area contributed by atoms with Gasteiger partial charge in [-0.3, -0.25) is 4.79 Å². The summed E-state index contributed by atoms with van der Waals surface area (Å²) >= 11 is 0. The molecule has 1 amide bonds. The van der Waals surface area contributed by atoms with Crippen molar-refractivity contribution in [3.63, 3.8) is 0 Å². The lowest BCUT2D eigenvalue weighted by Crippen LogP contribution is -2.45. The fourth-order valence-electron chi connectivity index (χ4n) is 6.53. The van der Waals surface area contributed by atoms with Gasteiger partial charge in [-0.1, -0.05) is 192 Å². The van der Waals surface area contributed by atoms with Gasteiger partial charge in [-0.05, 0) is 57.8 Å². The first-order valence-electron chi connectivity index (χ1n) is 21.8. The molecule has 3 atom stereocenters. The number of carbonyl (C=O) groups excluding carboxylic acids is 1. The standard InChI is InChI=1S/C45H85NO4/c1-3-5-7-9-11-13-15-16-17-18-19-20-21-22-23-24-25-26-27-29-30-32-34-36-38-42(48)40-45(50)46-43(41-47)44(49)39-37-35-33-31-28-14-12-10-8-6-4-2/h22-23,28,31,37,39,42-44,47-49H,3-21,24-27,29-30,32-36,38,40-41H2,1-2H3,(H,46,50)/b23-22-,31-28+,39-37+. The lowest BCUT2D eigenvalue weighted by atomic mass is 10.0. The van der Waals surface area contributed by atoms with Crippen molar-refractivity contribution in [2.24, 2.45) is 0 Å². The van der Waals surface area contributed by atoms with Gasteiger partial charge >= 0.3 is 0 Å². The quantitative estimate of drug-likeness (QED) is 0.0379. The zero-order valence-electron chi connectivity index (χ0n) is 33.3. The van der Waals surface area contributed by atoms with Crippen molar-refractivity contribution in [2.75, 3.05) is 6.61 Å². The minimum Gasteiger partial charge on any atom is -0.394 e. The first-order valence-corrected chi connectivity index (χ1v) is 21.8. The number of hydrogen-bond acceptors (Lipinski definition) is 4. The molecule has 5 nitrogen and oxygen atoms in total. The van der Waals surface area contributed by atoms with Crippen LogP contribution in [-0.2, 0) is 4.79 Å². The monoisotopic (exact) mass is 704 g/mol. The van der Waals surface area contributed by atoms with Crippen molar-refractivity contribution in [1.82, 2.24) is 5.32 Å². The maximum Gasteiger partial charge on any atom is 0.222 e. The number of amides is 1. The van der Waals surface area contributed by atoms with Gasteiger partial charge in [0.25, 0.3) is 0 Å². The third-order valence-electron chi connectivity index (χ3n) is 9.90. The fraction of sp³-hybridized carbons (Fsp3) is 0.844. The highest BCUT2D eigenvalue weighted by Crippen LogP contribution is 2.15. The van der Waals surface area contributed by atoms with E-state index in [1.54, 1.807) is 6.08 Å². The van der Waals surface area contributed by atoms with Crippen molar-refractivity contribution in [3.8, 4) is 0 Å². The predicted octanol–water partition coefficient (Wildman–Crippen LogP) is 12.4. The Hall–Kier alpha value is -1.43. The predicted molar refractivity (Wildman–Crippen MR) is 218 cm³/mol. The SMILES string of the molecule is CCCCCCC/C=C/CC/C=C/C(O)C(CO)NC(=O)CC(O)CCCCCCCCCC/C=C\CCCCCCCCCCCCCC. The molecule has 4 N–H and O–H groups in total. The van der Waals surface area contributed by atoms with Crippen molar-refractivity contribution >= 4 is 5.91 Å². The Bertz CT molecular complexity index is 779. The van der Waals surface area contributed by atoms with E-state index < -0.39 is 18.2 Å². The minimum atomic E-state index is -0.950. The number of nitrogens with one attached hydrogen (secondary N) is 1. The molecule has 0 bridgehead atoms. The van der Waals surface area contributed by atoms with E-state index in [4.69, 9.17) is 0 Å². The summed E-state index contributed by atoms with van der Waals surface area (Å²) in [7, 11) is 0. The molecule has 0 aliphatic heterocycles. The number of unbranched alkanes of at least 4 members (excludes halogenated alkanes) is 26. The Morgan fingerprint density at radius 1 is 0.500 bits per heavy atom. The second-order valence-electron chi connectivity index (χ2n) is 14.9. The Morgan fingerprint density at radius 3 is 1.28 bits per heavy atom. The summed E-state index contributed by atoms with van der Waals surface area (Å²) in [6.07, 6.45) is 50.1. The van der Waals surface area contributed by atoms with Crippen LogP contribution in [0.4, 0.5) is 0 Å². The lowest BCUT2D eigenvalue weighted by molar-refractivity contribution is -0.124. The normalized spacial score (nSPS) is 13.9. The topological polar surface area (TPSA) is 89.8 Å². The van der Waals surface area contributed by atoms with Gasteiger partial charge in [0.2, 0.25) is 5.91 Å². The molecule has 0 aromatic rings. The summed E-state index contributed by atoms with van der Waals surface area (Å²) in [4.78, 5) is 12.4. The summed E-state index contributed by atoms with van der Waals surface area (Å²) in [5, 5.41) is 33.1. The number of rotatable bonds is 39. The van der Waals surface area contributed by atoms with Crippen LogP contribution in [0.2, 0.25) is 0 Å². The third kappa shape index (κ3) is 36.4. The molecule has 0 fully saturated rings. The number of aliphatic hydroxyl groups is 3. The molecule has 0 aliphatic carbocycles. The Kier molecular flexibility index (Phi) is 39.2. The van der Waals surface area contributed by atoms with Crippen molar-refractivity contribution in [2.45, 2.75) is 238 Å². The van der Waals surface area contributed by atoms with E-state index in [1.165, 1.54) is 161 Å². The molecule has 0 saturated heterocycles. The zero-order chi connectivity index (χ0) is 36.6. The second-order valence-corrected chi connectivity index (χ2v) is 14.9. The Morgan fingerprint density at radius 2 is 0.860 bits per heavy atom. The molecule has 0 aliphatic rings. The van der Waals surface area contributed by atoms with E-state index in [0.717, 1.165) is 32.1 Å². The van der Waals surface area contributed by atoms with Gasteiger partial charge in [-0.2, -0.15) is 0 Å². The largest absolute Gasteiger partial charge is 0.394 e. The molecular formula is C45H85NO4. The van der Waals surface area contributed by atoms with Gasteiger partial charge in [-0.15, -0.1) is 0 Å².